The highest BCUT2D eigenvalue weighted by Gasteiger charge is 2.18. The van der Waals surface area contributed by atoms with Gasteiger partial charge < -0.3 is 13.6 Å². The van der Waals surface area contributed by atoms with Gasteiger partial charge in [-0.25, -0.2) is 0 Å². The summed E-state index contributed by atoms with van der Waals surface area (Å²) < 4.78 is 11.0. The third-order valence-electron chi connectivity index (χ3n) is 8.36. The zero-order chi connectivity index (χ0) is 26.9. The maximum absolute atomic E-state index is 6.32. The molecule has 0 saturated carbocycles. The molecule has 0 radical (unpaired) electrons. The van der Waals surface area contributed by atoms with E-state index in [0.717, 1.165) is 44.4 Å². The van der Waals surface area contributed by atoms with Crippen molar-refractivity contribution in [3.8, 4) is 22.5 Å². The molecule has 0 unspecified atom stereocenters. The van der Waals surface area contributed by atoms with Crippen molar-refractivity contribution in [3.63, 3.8) is 0 Å². The van der Waals surface area contributed by atoms with Crippen molar-refractivity contribution in [2.45, 2.75) is 0 Å². The highest BCUT2D eigenvalue weighted by molar-refractivity contribution is 6.18. The zero-order valence-electron chi connectivity index (χ0n) is 22.2. The lowest BCUT2D eigenvalue weighted by atomic mass is 10.0. The minimum Gasteiger partial charge on any atom is -0.455 e. The van der Waals surface area contributed by atoms with E-state index in [1.54, 1.807) is 0 Å². The van der Waals surface area contributed by atoms with Crippen LogP contribution < -0.4 is 0 Å². The molecule has 0 spiro atoms. The topological polar surface area (TPSA) is 23.0 Å². The normalized spacial score (nSPS) is 11.9. The van der Waals surface area contributed by atoms with Gasteiger partial charge in [-0.1, -0.05) is 97.1 Å². The molecule has 3 nitrogen and oxygen atoms in total. The standard InChI is InChI=1S/C38H24N2O/c1-2-9-28(10-3-1)40-34-15-6-4-11-30(34)32-22-19-26-23-24-39(36(26)37(32)40)27-20-17-25(18-21-27)29-13-8-14-33-31-12-5-7-16-35(31)41-38(29)33/h1-24H. The minimum atomic E-state index is 0.920. The fourth-order valence-corrected chi connectivity index (χ4v) is 6.51. The van der Waals surface area contributed by atoms with Gasteiger partial charge in [-0.15, -0.1) is 0 Å². The third kappa shape index (κ3) is 3.20. The Kier molecular flexibility index (Phi) is 4.61. The van der Waals surface area contributed by atoms with Gasteiger partial charge >= 0.3 is 0 Å². The van der Waals surface area contributed by atoms with Crippen LogP contribution in [0.1, 0.15) is 0 Å². The lowest BCUT2D eigenvalue weighted by molar-refractivity contribution is 0.670. The van der Waals surface area contributed by atoms with E-state index in [9.17, 15) is 0 Å². The lowest BCUT2D eigenvalue weighted by Gasteiger charge is -2.12. The van der Waals surface area contributed by atoms with Crippen molar-refractivity contribution in [1.82, 2.24) is 9.13 Å². The minimum absolute atomic E-state index is 0.920. The van der Waals surface area contributed by atoms with Crippen molar-refractivity contribution < 1.29 is 4.42 Å². The molecule has 0 aliphatic rings. The summed E-state index contributed by atoms with van der Waals surface area (Å²) in [4.78, 5) is 0. The molecule has 0 bridgehead atoms. The number of para-hydroxylation sites is 4. The average Bonchev–Trinajstić information content (AvgIpc) is 3.73. The fraction of sp³-hybridized carbons (Fsp3) is 0. The van der Waals surface area contributed by atoms with Gasteiger partial charge in [-0.3, -0.25) is 0 Å². The van der Waals surface area contributed by atoms with E-state index in [1.807, 2.05) is 12.1 Å². The Morgan fingerprint density at radius 1 is 0.463 bits per heavy atom. The molecular formula is C38H24N2O. The number of rotatable bonds is 3. The number of benzene rings is 6. The third-order valence-corrected chi connectivity index (χ3v) is 8.36. The Labute approximate surface area is 236 Å². The van der Waals surface area contributed by atoms with Crippen LogP contribution in [-0.2, 0) is 0 Å². The summed E-state index contributed by atoms with van der Waals surface area (Å²) >= 11 is 0. The molecule has 41 heavy (non-hydrogen) atoms. The van der Waals surface area contributed by atoms with Crippen molar-refractivity contribution in [2.75, 3.05) is 0 Å². The van der Waals surface area contributed by atoms with Crippen LogP contribution >= 0.6 is 0 Å². The van der Waals surface area contributed by atoms with E-state index in [2.05, 4.69) is 143 Å². The fourth-order valence-electron chi connectivity index (χ4n) is 6.51. The Bertz CT molecular complexity index is 2400. The maximum Gasteiger partial charge on any atom is 0.143 e. The van der Waals surface area contributed by atoms with E-state index >= 15 is 0 Å². The van der Waals surface area contributed by atoms with E-state index in [0.29, 0.717) is 0 Å². The van der Waals surface area contributed by atoms with Gasteiger partial charge in [0.05, 0.1) is 16.6 Å². The van der Waals surface area contributed by atoms with Gasteiger partial charge in [-0.05, 0) is 48.0 Å². The first-order chi connectivity index (χ1) is 20.3. The van der Waals surface area contributed by atoms with Gasteiger partial charge in [0.2, 0.25) is 0 Å². The van der Waals surface area contributed by atoms with Gasteiger partial charge in [0.15, 0.2) is 0 Å². The molecule has 3 aromatic heterocycles. The molecule has 0 atom stereocenters. The first-order valence-electron chi connectivity index (χ1n) is 13.9. The molecule has 3 heterocycles. The summed E-state index contributed by atoms with van der Waals surface area (Å²) in [7, 11) is 0. The predicted molar refractivity (Wildman–Crippen MR) is 170 cm³/mol. The van der Waals surface area contributed by atoms with Crippen LogP contribution in [0, 0.1) is 0 Å². The van der Waals surface area contributed by atoms with Crippen LogP contribution in [0.5, 0.6) is 0 Å². The molecule has 0 aliphatic carbocycles. The Balaban J connectivity index is 1.26. The number of aromatic nitrogens is 2. The van der Waals surface area contributed by atoms with E-state index in [1.165, 1.54) is 32.7 Å². The highest BCUT2D eigenvalue weighted by Crippen LogP contribution is 2.39. The van der Waals surface area contributed by atoms with E-state index in [4.69, 9.17) is 4.42 Å². The van der Waals surface area contributed by atoms with Gasteiger partial charge in [0.1, 0.15) is 11.2 Å². The van der Waals surface area contributed by atoms with Gasteiger partial charge in [-0.2, -0.15) is 0 Å². The summed E-state index contributed by atoms with van der Waals surface area (Å²) in [6.07, 6.45) is 2.19. The molecule has 9 aromatic rings. The van der Waals surface area contributed by atoms with Gasteiger partial charge in [0.25, 0.3) is 0 Å². The molecule has 6 aromatic carbocycles. The van der Waals surface area contributed by atoms with Crippen molar-refractivity contribution in [3.05, 3.63) is 146 Å². The quantitative estimate of drug-likeness (QED) is 0.225. The lowest BCUT2D eigenvalue weighted by Crippen LogP contribution is -1.97. The molecule has 3 heteroatoms. The summed E-state index contributed by atoms with van der Waals surface area (Å²) in [5, 5.41) is 6.03. The summed E-state index contributed by atoms with van der Waals surface area (Å²) in [5.74, 6) is 0. The molecular weight excluding hydrogens is 500 g/mol. The Morgan fingerprint density at radius 2 is 1.22 bits per heavy atom. The molecule has 0 N–H and O–H groups in total. The zero-order valence-corrected chi connectivity index (χ0v) is 22.2. The molecule has 0 amide bonds. The van der Waals surface area contributed by atoms with Crippen molar-refractivity contribution >= 4 is 54.6 Å². The summed E-state index contributed by atoms with van der Waals surface area (Å²) in [6.45, 7) is 0. The van der Waals surface area contributed by atoms with Crippen LogP contribution in [0.25, 0.3) is 77.1 Å². The molecule has 192 valence electrons. The summed E-state index contributed by atoms with van der Waals surface area (Å²) in [5.41, 5.74) is 10.0. The van der Waals surface area contributed by atoms with Crippen LogP contribution in [0.3, 0.4) is 0 Å². The first kappa shape index (κ1) is 22.3. The molecule has 0 saturated heterocycles. The number of hydrogen-bond donors (Lipinski definition) is 0. The molecule has 0 fully saturated rings. The first-order valence-corrected chi connectivity index (χ1v) is 13.9. The highest BCUT2D eigenvalue weighted by atomic mass is 16.3. The second-order valence-electron chi connectivity index (χ2n) is 10.6. The number of nitrogens with zero attached hydrogens (tertiary/aromatic N) is 2. The smallest absolute Gasteiger partial charge is 0.143 e. The summed E-state index contributed by atoms with van der Waals surface area (Å²) in [6, 6.07) is 49.6. The Hall–Kier alpha value is -5.54. The van der Waals surface area contributed by atoms with Gasteiger partial charge in [0, 0.05) is 50.1 Å². The SMILES string of the molecule is c1ccc(-n2c3ccccc3c3ccc4ccn(-c5ccc(-c6cccc7c6oc6ccccc67)cc5)c4c32)cc1. The second kappa shape index (κ2) is 8.48. The van der Waals surface area contributed by atoms with Crippen LogP contribution in [0.2, 0.25) is 0 Å². The number of hydrogen-bond acceptors (Lipinski definition) is 1. The average molecular weight is 525 g/mol. The second-order valence-corrected chi connectivity index (χ2v) is 10.6. The monoisotopic (exact) mass is 524 g/mol. The number of furan rings is 1. The van der Waals surface area contributed by atoms with Crippen LogP contribution in [0.15, 0.2) is 150 Å². The number of fused-ring (bicyclic) bond motifs is 8. The molecule has 9 rings (SSSR count). The predicted octanol–water partition coefficient (Wildman–Crippen LogP) is 10.3. The molecule has 0 aliphatic heterocycles. The maximum atomic E-state index is 6.32. The Morgan fingerprint density at radius 3 is 2.10 bits per heavy atom. The van der Waals surface area contributed by atoms with Crippen molar-refractivity contribution in [2.24, 2.45) is 0 Å². The van der Waals surface area contributed by atoms with Crippen LogP contribution in [0.4, 0.5) is 0 Å². The van der Waals surface area contributed by atoms with E-state index < -0.39 is 0 Å². The van der Waals surface area contributed by atoms with Crippen LogP contribution in [-0.4, -0.2) is 9.13 Å². The van der Waals surface area contributed by atoms with Crippen molar-refractivity contribution in [1.29, 1.82) is 0 Å². The largest absolute Gasteiger partial charge is 0.455 e. The van der Waals surface area contributed by atoms with E-state index in [-0.39, 0.29) is 0 Å².